The molecule has 0 unspecified atom stereocenters. The number of aliphatic hydroxyl groups excluding tert-OH is 1. The van der Waals surface area contributed by atoms with Gasteiger partial charge in [-0.25, -0.2) is 4.98 Å². The van der Waals surface area contributed by atoms with Crippen LogP contribution in [-0.2, 0) is 13.1 Å². The molecule has 3 aromatic rings. The Labute approximate surface area is 202 Å². The second-order valence-corrected chi connectivity index (χ2v) is 8.90. The fourth-order valence-corrected chi connectivity index (χ4v) is 4.55. The van der Waals surface area contributed by atoms with Crippen molar-refractivity contribution in [1.82, 2.24) is 29.7 Å². The summed E-state index contributed by atoms with van der Waals surface area (Å²) in [6.45, 7) is 4.44. The second kappa shape index (κ2) is 10.1. The number of aromatic nitrogens is 4. The molecule has 3 aromatic heterocycles. The van der Waals surface area contributed by atoms with Gasteiger partial charge in [0.05, 0.1) is 31.8 Å². The number of likely N-dealkylation sites (tertiary alicyclic amines) is 1. The number of nitrogens with zero attached hydrogens (tertiary/aromatic N) is 5. The average molecular weight is 483 g/mol. The van der Waals surface area contributed by atoms with E-state index in [-0.39, 0.29) is 17.7 Å². The highest BCUT2D eigenvalue weighted by molar-refractivity contribution is 5.70. The molecule has 0 amide bonds. The zero-order valence-electron chi connectivity index (χ0n) is 19.8. The van der Waals surface area contributed by atoms with E-state index in [1.54, 1.807) is 30.0 Å². The molecule has 35 heavy (non-hydrogen) atoms. The molecule has 11 nitrogen and oxygen atoms in total. The fourth-order valence-electron chi connectivity index (χ4n) is 4.55. The topological polar surface area (TPSA) is 124 Å². The summed E-state index contributed by atoms with van der Waals surface area (Å²) in [5.41, 5.74) is 1.46. The number of methoxy groups -OCH3 is 1. The molecule has 2 N–H and O–H groups in total. The summed E-state index contributed by atoms with van der Waals surface area (Å²) in [5, 5.41) is 13.7. The third-order valence-corrected chi connectivity index (χ3v) is 6.76. The van der Waals surface area contributed by atoms with Crippen molar-refractivity contribution in [2.24, 2.45) is 0 Å². The monoisotopic (exact) mass is 482 g/mol. The SMILES string of the molecule is COc1ccc2ncc(=O)n(CCN3CCC(CO)(NCc4cc5c(cn4)OCCO5)CC3)c2n1. The molecule has 186 valence electrons. The van der Waals surface area contributed by atoms with Crippen LogP contribution < -0.4 is 25.1 Å². The molecule has 11 heteroatoms. The number of nitrogens with one attached hydrogen (secondary N) is 1. The van der Waals surface area contributed by atoms with Crippen molar-refractivity contribution in [3.05, 3.63) is 46.6 Å². The van der Waals surface area contributed by atoms with Gasteiger partial charge in [-0.1, -0.05) is 0 Å². The molecule has 0 aromatic carbocycles. The molecule has 2 aliphatic heterocycles. The van der Waals surface area contributed by atoms with Gasteiger partial charge < -0.3 is 29.5 Å². The lowest BCUT2D eigenvalue weighted by molar-refractivity contribution is 0.0755. The van der Waals surface area contributed by atoms with Crippen LogP contribution in [0.4, 0.5) is 0 Å². The minimum Gasteiger partial charge on any atom is -0.486 e. The van der Waals surface area contributed by atoms with E-state index in [9.17, 15) is 9.90 Å². The molecular formula is C24H30N6O5. The molecule has 5 rings (SSSR count). The van der Waals surface area contributed by atoms with Crippen molar-refractivity contribution >= 4 is 11.2 Å². The van der Waals surface area contributed by atoms with Gasteiger partial charge in [-0.3, -0.25) is 14.3 Å². The Bertz CT molecular complexity index is 1240. The number of hydrogen-bond acceptors (Lipinski definition) is 10. The number of hydrogen-bond donors (Lipinski definition) is 2. The predicted molar refractivity (Wildman–Crippen MR) is 128 cm³/mol. The minimum absolute atomic E-state index is 0.0452. The Hall–Kier alpha value is -3.28. The Morgan fingerprint density at radius 2 is 1.91 bits per heavy atom. The zero-order chi connectivity index (χ0) is 24.3. The average Bonchev–Trinajstić information content (AvgIpc) is 2.91. The van der Waals surface area contributed by atoms with Gasteiger partial charge in [0.1, 0.15) is 18.7 Å². The maximum Gasteiger partial charge on any atom is 0.270 e. The van der Waals surface area contributed by atoms with E-state index in [0.29, 0.717) is 61.4 Å². The smallest absolute Gasteiger partial charge is 0.270 e. The molecule has 1 fully saturated rings. The van der Waals surface area contributed by atoms with E-state index in [4.69, 9.17) is 14.2 Å². The fraction of sp³-hybridized carbons (Fsp3) is 0.500. The van der Waals surface area contributed by atoms with Crippen molar-refractivity contribution < 1.29 is 19.3 Å². The van der Waals surface area contributed by atoms with E-state index >= 15 is 0 Å². The van der Waals surface area contributed by atoms with E-state index in [1.807, 2.05) is 6.07 Å². The first-order valence-corrected chi connectivity index (χ1v) is 11.8. The number of pyridine rings is 2. The van der Waals surface area contributed by atoms with Crippen LogP contribution in [0.3, 0.4) is 0 Å². The zero-order valence-corrected chi connectivity index (χ0v) is 19.8. The molecule has 1 saturated heterocycles. The Morgan fingerprint density at radius 1 is 1.11 bits per heavy atom. The van der Waals surface area contributed by atoms with Crippen molar-refractivity contribution in [2.75, 3.05) is 46.6 Å². The standard InChI is InChI=1S/C24H30N6O5/c1-33-21-3-2-18-23(28-21)30(22(32)15-26-18)9-8-29-6-4-24(16-31,5-7-29)27-13-17-12-19-20(14-25-17)35-11-10-34-19/h2-3,12,14-15,27,31H,4-11,13,16H2,1H3. The van der Waals surface area contributed by atoms with Gasteiger partial charge in [0.25, 0.3) is 5.56 Å². The maximum absolute atomic E-state index is 12.5. The van der Waals surface area contributed by atoms with E-state index in [1.165, 1.54) is 6.20 Å². The van der Waals surface area contributed by atoms with Crippen LogP contribution in [0.25, 0.3) is 11.2 Å². The molecule has 5 heterocycles. The third-order valence-electron chi connectivity index (χ3n) is 6.76. The molecule has 0 bridgehead atoms. The van der Waals surface area contributed by atoms with Crippen LogP contribution in [0.15, 0.2) is 35.4 Å². The number of aliphatic hydroxyl groups is 1. The largest absolute Gasteiger partial charge is 0.486 e. The lowest BCUT2D eigenvalue weighted by Gasteiger charge is -2.41. The van der Waals surface area contributed by atoms with Gasteiger partial charge in [0.2, 0.25) is 5.88 Å². The molecule has 0 atom stereocenters. The van der Waals surface area contributed by atoms with Crippen molar-refractivity contribution in [2.45, 2.75) is 31.5 Å². The molecule has 0 aliphatic carbocycles. The van der Waals surface area contributed by atoms with Crippen molar-refractivity contribution in [1.29, 1.82) is 0 Å². The lowest BCUT2D eigenvalue weighted by atomic mass is 9.88. The number of ether oxygens (including phenoxy) is 3. The van der Waals surface area contributed by atoms with Crippen LogP contribution in [0.2, 0.25) is 0 Å². The Morgan fingerprint density at radius 3 is 2.69 bits per heavy atom. The van der Waals surface area contributed by atoms with Crippen LogP contribution >= 0.6 is 0 Å². The maximum atomic E-state index is 12.5. The van der Waals surface area contributed by atoms with Crippen LogP contribution in [0.1, 0.15) is 18.5 Å². The van der Waals surface area contributed by atoms with Gasteiger partial charge in [0, 0.05) is 50.4 Å². The normalized spacial score (nSPS) is 17.4. The lowest BCUT2D eigenvalue weighted by Crippen LogP contribution is -2.55. The third kappa shape index (κ3) is 5.07. The summed E-state index contributed by atoms with van der Waals surface area (Å²) in [5.74, 6) is 1.82. The first-order chi connectivity index (χ1) is 17.1. The van der Waals surface area contributed by atoms with Crippen molar-refractivity contribution in [3.8, 4) is 17.4 Å². The summed E-state index contributed by atoms with van der Waals surface area (Å²) >= 11 is 0. The summed E-state index contributed by atoms with van der Waals surface area (Å²) in [6, 6.07) is 5.42. The highest BCUT2D eigenvalue weighted by Crippen LogP contribution is 2.30. The van der Waals surface area contributed by atoms with Crippen LogP contribution in [0.5, 0.6) is 17.4 Å². The number of rotatable bonds is 8. The summed E-state index contributed by atoms with van der Waals surface area (Å²) in [6.07, 6.45) is 4.59. The molecule has 2 aliphatic rings. The van der Waals surface area contributed by atoms with Gasteiger partial charge in [0.15, 0.2) is 17.1 Å². The van der Waals surface area contributed by atoms with Gasteiger partial charge in [-0.05, 0) is 18.9 Å². The number of piperidine rings is 1. The van der Waals surface area contributed by atoms with Gasteiger partial charge in [-0.2, -0.15) is 4.98 Å². The summed E-state index contributed by atoms with van der Waals surface area (Å²) < 4.78 is 18.0. The molecular weight excluding hydrogens is 452 g/mol. The highest BCUT2D eigenvalue weighted by Gasteiger charge is 2.33. The Kier molecular flexibility index (Phi) is 6.80. The quantitative estimate of drug-likeness (QED) is 0.471. The van der Waals surface area contributed by atoms with E-state index in [2.05, 4.69) is 25.2 Å². The molecule has 0 saturated carbocycles. The van der Waals surface area contributed by atoms with E-state index < -0.39 is 0 Å². The molecule has 0 spiro atoms. The van der Waals surface area contributed by atoms with E-state index in [0.717, 1.165) is 31.6 Å². The molecule has 0 radical (unpaired) electrons. The van der Waals surface area contributed by atoms with Crippen molar-refractivity contribution in [3.63, 3.8) is 0 Å². The van der Waals surface area contributed by atoms with Gasteiger partial charge in [-0.15, -0.1) is 0 Å². The first kappa shape index (κ1) is 23.5. The second-order valence-electron chi connectivity index (χ2n) is 8.90. The Balaban J connectivity index is 1.19. The summed E-state index contributed by atoms with van der Waals surface area (Å²) in [4.78, 5) is 27.9. The van der Waals surface area contributed by atoms with Crippen LogP contribution in [-0.4, -0.2) is 81.6 Å². The minimum atomic E-state index is -0.374. The van der Waals surface area contributed by atoms with Gasteiger partial charge >= 0.3 is 0 Å². The highest BCUT2D eigenvalue weighted by atomic mass is 16.6. The first-order valence-electron chi connectivity index (χ1n) is 11.8. The van der Waals surface area contributed by atoms with Crippen LogP contribution in [0, 0.1) is 0 Å². The number of fused-ring (bicyclic) bond motifs is 2. The summed E-state index contributed by atoms with van der Waals surface area (Å²) in [7, 11) is 1.55. The predicted octanol–water partition coefficient (Wildman–Crippen LogP) is 0.583.